The lowest BCUT2D eigenvalue weighted by molar-refractivity contribution is 0.280. The maximum absolute atomic E-state index is 6.24. The first-order valence-electron chi connectivity index (χ1n) is 9.27. The van der Waals surface area contributed by atoms with E-state index in [0.29, 0.717) is 23.9 Å². The first kappa shape index (κ1) is 24.3. The summed E-state index contributed by atoms with van der Waals surface area (Å²) >= 11 is 7.89. The number of hydrogen-bond acceptors (Lipinski definition) is 7. The van der Waals surface area contributed by atoms with Crippen molar-refractivity contribution in [1.29, 1.82) is 0 Å². The Labute approximate surface area is 191 Å². The summed E-state index contributed by atoms with van der Waals surface area (Å²) in [4.78, 5) is 0. The van der Waals surface area contributed by atoms with Crippen LogP contribution < -0.4 is 14.8 Å². The molecule has 0 aliphatic heterocycles. The minimum atomic E-state index is 0. The zero-order valence-corrected chi connectivity index (χ0v) is 19.3. The quantitative estimate of drug-likeness (QED) is 0.334. The molecule has 0 aliphatic carbocycles. The molecule has 0 fully saturated rings. The molecule has 0 saturated heterocycles. The van der Waals surface area contributed by atoms with Gasteiger partial charge in [0.05, 0.1) is 7.11 Å². The van der Waals surface area contributed by atoms with Crippen LogP contribution in [0.1, 0.15) is 17.5 Å². The fraction of sp³-hybridized carbons (Fsp3) is 0.350. The summed E-state index contributed by atoms with van der Waals surface area (Å²) in [6.45, 7) is 1.94. The molecule has 0 radical (unpaired) electrons. The Bertz CT molecular complexity index is 926. The number of benzene rings is 2. The van der Waals surface area contributed by atoms with Gasteiger partial charge in [0.2, 0.25) is 5.16 Å². The Morgan fingerprint density at radius 3 is 2.67 bits per heavy atom. The highest BCUT2D eigenvalue weighted by Gasteiger charge is 2.12. The van der Waals surface area contributed by atoms with Crippen molar-refractivity contribution in [3.8, 4) is 11.5 Å². The summed E-state index contributed by atoms with van der Waals surface area (Å²) in [5.74, 6) is 2.39. The lowest BCUT2D eigenvalue weighted by atomic mass is 10.1. The standard InChI is InChI=1S/C20H24ClN5O2S.ClH/c1-26-20(23-24-25-26)29-12-6-11-22-13-15-8-5-10-18(27-2)19(15)28-14-16-7-3-4-9-17(16)21;/h3-5,7-10,22H,6,11-14H2,1-2H3;1H. The van der Waals surface area contributed by atoms with Crippen LogP contribution in [0, 0.1) is 0 Å². The third kappa shape index (κ3) is 6.77. The van der Waals surface area contributed by atoms with Crippen LogP contribution in [-0.4, -0.2) is 39.6 Å². The summed E-state index contributed by atoms with van der Waals surface area (Å²) in [6.07, 6.45) is 0.997. The number of nitrogens with zero attached hydrogens (tertiary/aromatic N) is 4. The van der Waals surface area contributed by atoms with E-state index in [1.165, 1.54) is 0 Å². The topological polar surface area (TPSA) is 74.1 Å². The molecule has 2 aromatic carbocycles. The Hall–Kier alpha value is -2.00. The number of halogens is 2. The smallest absolute Gasteiger partial charge is 0.209 e. The lowest BCUT2D eigenvalue weighted by Crippen LogP contribution is -2.16. The van der Waals surface area contributed by atoms with E-state index in [4.69, 9.17) is 21.1 Å². The van der Waals surface area contributed by atoms with Crippen molar-refractivity contribution >= 4 is 35.8 Å². The second-order valence-electron chi connectivity index (χ2n) is 6.29. The molecule has 10 heteroatoms. The van der Waals surface area contributed by atoms with Crippen LogP contribution in [-0.2, 0) is 20.2 Å². The van der Waals surface area contributed by atoms with Crippen molar-refractivity contribution in [2.75, 3.05) is 19.4 Å². The van der Waals surface area contributed by atoms with E-state index in [0.717, 1.165) is 40.8 Å². The van der Waals surface area contributed by atoms with Gasteiger partial charge in [-0.1, -0.05) is 53.7 Å². The molecule has 0 amide bonds. The van der Waals surface area contributed by atoms with Crippen molar-refractivity contribution in [1.82, 2.24) is 25.5 Å². The van der Waals surface area contributed by atoms with Crippen LogP contribution in [0.3, 0.4) is 0 Å². The van der Waals surface area contributed by atoms with Gasteiger partial charge in [0.15, 0.2) is 11.5 Å². The number of aryl methyl sites for hydroxylation is 1. The summed E-state index contributed by atoms with van der Waals surface area (Å²) < 4.78 is 13.3. The molecule has 0 unspecified atom stereocenters. The molecule has 7 nitrogen and oxygen atoms in total. The van der Waals surface area contributed by atoms with Crippen LogP contribution in [0.15, 0.2) is 47.6 Å². The summed E-state index contributed by atoms with van der Waals surface area (Å²) in [5.41, 5.74) is 1.98. The van der Waals surface area contributed by atoms with Crippen molar-refractivity contribution < 1.29 is 9.47 Å². The van der Waals surface area contributed by atoms with Crippen molar-refractivity contribution in [2.24, 2.45) is 7.05 Å². The SMILES string of the molecule is COc1cccc(CNCCCSc2nnnn2C)c1OCc1ccccc1Cl.Cl. The molecule has 0 atom stereocenters. The Morgan fingerprint density at radius 1 is 1.13 bits per heavy atom. The van der Waals surface area contributed by atoms with E-state index in [9.17, 15) is 0 Å². The van der Waals surface area contributed by atoms with Crippen molar-refractivity contribution in [3.63, 3.8) is 0 Å². The number of thioether (sulfide) groups is 1. The maximum Gasteiger partial charge on any atom is 0.209 e. The predicted octanol–water partition coefficient (Wildman–Crippen LogP) is 4.14. The van der Waals surface area contributed by atoms with Gasteiger partial charge >= 0.3 is 0 Å². The Morgan fingerprint density at radius 2 is 1.93 bits per heavy atom. The fourth-order valence-corrected chi connectivity index (χ4v) is 3.70. The second-order valence-corrected chi connectivity index (χ2v) is 7.76. The van der Waals surface area contributed by atoms with Crippen LogP contribution in [0.25, 0.3) is 0 Å². The molecule has 1 heterocycles. The molecule has 3 aromatic rings. The molecule has 30 heavy (non-hydrogen) atoms. The number of rotatable bonds is 11. The molecule has 0 bridgehead atoms. The number of methoxy groups -OCH3 is 1. The van der Waals surface area contributed by atoms with Gasteiger partial charge in [0, 0.05) is 35.5 Å². The number of ether oxygens (including phenoxy) is 2. The molecule has 1 N–H and O–H groups in total. The van der Waals surface area contributed by atoms with Gasteiger partial charge in [0.25, 0.3) is 0 Å². The summed E-state index contributed by atoms with van der Waals surface area (Å²) in [5, 5.41) is 16.4. The number of tetrazole rings is 1. The molecule has 0 spiro atoms. The minimum Gasteiger partial charge on any atom is -0.493 e. The van der Waals surface area contributed by atoms with E-state index in [1.807, 2.05) is 49.5 Å². The molecular formula is C20H25Cl2N5O2S. The number of para-hydroxylation sites is 1. The first-order valence-corrected chi connectivity index (χ1v) is 10.6. The zero-order valence-electron chi connectivity index (χ0n) is 16.9. The van der Waals surface area contributed by atoms with E-state index in [1.54, 1.807) is 23.6 Å². The van der Waals surface area contributed by atoms with Crippen LogP contribution >= 0.6 is 35.8 Å². The molecule has 0 aliphatic rings. The number of aromatic nitrogens is 4. The Balaban J connectivity index is 0.00000320. The van der Waals surface area contributed by atoms with Gasteiger partial charge < -0.3 is 14.8 Å². The lowest BCUT2D eigenvalue weighted by Gasteiger charge is -2.16. The monoisotopic (exact) mass is 469 g/mol. The third-order valence-electron chi connectivity index (χ3n) is 4.24. The van der Waals surface area contributed by atoms with E-state index < -0.39 is 0 Å². The van der Waals surface area contributed by atoms with E-state index in [2.05, 4.69) is 20.8 Å². The van der Waals surface area contributed by atoms with Crippen molar-refractivity contribution in [2.45, 2.75) is 24.7 Å². The molecule has 0 saturated carbocycles. The predicted molar refractivity (Wildman–Crippen MR) is 122 cm³/mol. The maximum atomic E-state index is 6.24. The van der Waals surface area contributed by atoms with Gasteiger partial charge in [-0.15, -0.1) is 17.5 Å². The largest absolute Gasteiger partial charge is 0.493 e. The minimum absolute atomic E-state index is 0. The normalized spacial score (nSPS) is 10.5. The third-order valence-corrected chi connectivity index (χ3v) is 5.70. The Kier molecular flexibility index (Phi) is 10.2. The number of hydrogen-bond donors (Lipinski definition) is 1. The molecule has 1 aromatic heterocycles. The van der Waals surface area contributed by atoms with Crippen LogP contribution in [0.2, 0.25) is 5.02 Å². The summed E-state index contributed by atoms with van der Waals surface area (Å²) in [7, 11) is 3.49. The first-order chi connectivity index (χ1) is 14.2. The highest BCUT2D eigenvalue weighted by atomic mass is 35.5. The van der Waals surface area contributed by atoms with Gasteiger partial charge in [-0.2, -0.15) is 0 Å². The second kappa shape index (κ2) is 12.6. The average Bonchev–Trinajstić information content (AvgIpc) is 3.15. The van der Waals surface area contributed by atoms with Crippen molar-refractivity contribution in [3.05, 3.63) is 58.6 Å². The van der Waals surface area contributed by atoms with E-state index >= 15 is 0 Å². The van der Waals surface area contributed by atoms with Gasteiger partial charge in [-0.25, -0.2) is 4.68 Å². The van der Waals surface area contributed by atoms with Gasteiger partial charge in [-0.05, 0) is 35.5 Å². The van der Waals surface area contributed by atoms with Crippen LogP contribution in [0.4, 0.5) is 0 Å². The highest BCUT2D eigenvalue weighted by Crippen LogP contribution is 2.32. The highest BCUT2D eigenvalue weighted by molar-refractivity contribution is 7.99. The van der Waals surface area contributed by atoms with Gasteiger partial charge in [-0.3, -0.25) is 0 Å². The molecule has 3 rings (SSSR count). The van der Waals surface area contributed by atoms with Crippen LogP contribution in [0.5, 0.6) is 11.5 Å². The fourth-order valence-electron chi connectivity index (χ4n) is 2.72. The zero-order chi connectivity index (χ0) is 20.5. The molecular weight excluding hydrogens is 445 g/mol. The van der Waals surface area contributed by atoms with E-state index in [-0.39, 0.29) is 12.4 Å². The summed E-state index contributed by atoms with van der Waals surface area (Å²) in [6, 6.07) is 13.6. The average molecular weight is 470 g/mol. The van der Waals surface area contributed by atoms with Gasteiger partial charge in [0.1, 0.15) is 6.61 Å². The molecule has 162 valence electrons. The number of nitrogens with one attached hydrogen (secondary N) is 1.